The Balaban J connectivity index is 1.23. The van der Waals surface area contributed by atoms with E-state index in [-0.39, 0.29) is 0 Å². The third-order valence-electron chi connectivity index (χ3n) is 11.7. The maximum atomic E-state index is 4.18. The van der Waals surface area contributed by atoms with Crippen LogP contribution in [0, 0.1) is 6.92 Å². The zero-order valence-electron chi connectivity index (χ0n) is 33.4. The molecule has 0 radical (unpaired) electrons. The Morgan fingerprint density at radius 2 is 1.03 bits per heavy atom. The standard InChI is InChI=1S/C58H43N/c1-39(2)31-36-48-40(3)57(43-18-5-4-6-19-43)58(55-29-14-12-26-52(48)55)45-22-15-23-47(37-45)59(56-38-44-20-8-10-25-51(44)53-27-11-13-28-54(53)56)46-34-32-42(33-35-46)50-30-16-21-41-17-7-9-24-49(41)50/h4-38H,1H2,2-3H3/b36-31-. The molecule has 1 nitrogen and oxygen atoms in total. The summed E-state index contributed by atoms with van der Waals surface area (Å²) in [6.07, 6.45) is 4.36. The number of rotatable bonds is 8. The number of hydrogen-bond acceptors (Lipinski definition) is 1. The number of fused-ring (bicyclic) bond motifs is 5. The van der Waals surface area contributed by atoms with Crippen molar-refractivity contribution in [1.29, 1.82) is 0 Å². The van der Waals surface area contributed by atoms with Crippen molar-refractivity contribution in [2.75, 3.05) is 4.90 Å². The maximum absolute atomic E-state index is 4.18. The SMILES string of the molecule is C=C(C)/C=C\c1c(C)c(-c2ccccc2)c(-c2cccc(N(c3ccc(-c4cccc5ccccc45)cc3)c3cc4ccccc4c4ccccc34)c2)c2ccccc12. The molecule has 0 heterocycles. The first-order valence-electron chi connectivity index (χ1n) is 20.4. The van der Waals surface area contributed by atoms with E-state index in [0.29, 0.717) is 0 Å². The summed E-state index contributed by atoms with van der Waals surface area (Å²) in [6.45, 7) is 8.50. The van der Waals surface area contributed by atoms with Gasteiger partial charge in [-0.15, -0.1) is 0 Å². The second kappa shape index (κ2) is 15.1. The van der Waals surface area contributed by atoms with Crippen molar-refractivity contribution in [3.63, 3.8) is 0 Å². The third kappa shape index (κ3) is 6.48. The van der Waals surface area contributed by atoms with Gasteiger partial charge in [-0.25, -0.2) is 0 Å². The highest BCUT2D eigenvalue weighted by molar-refractivity contribution is 6.15. The van der Waals surface area contributed by atoms with E-state index in [9.17, 15) is 0 Å². The van der Waals surface area contributed by atoms with Gasteiger partial charge in [0.2, 0.25) is 0 Å². The second-order valence-electron chi connectivity index (χ2n) is 15.5. The molecule has 0 N–H and O–H groups in total. The normalized spacial score (nSPS) is 11.6. The molecule has 0 aliphatic heterocycles. The predicted octanol–water partition coefficient (Wildman–Crippen LogP) is 16.7. The third-order valence-corrected chi connectivity index (χ3v) is 11.7. The van der Waals surface area contributed by atoms with Crippen molar-refractivity contribution in [2.45, 2.75) is 13.8 Å². The van der Waals surface area contributed by atoms with E-state index in [0.717, 1.165) is 22.6 Å². The number of allylic oxidation sites excluding steroid dienone is 2. The molecule has 0 spiro atoms. The lowest BCUT2D eigenvalue weighted by Gasteiger charge is -2.29. The Kier molecular flexibility index (Phi) is 9.20. The molecule has 0 aliphatic rings. The molecule has 280 valence electrons. The molecular weight excluding hydrogens is 711 g/mol. The average Bonchev–Trinajstić information content (AvgIpc) is 3.29. The minimum Gasteiger partial charge on any atom is -0.310 e. The first-order chi connectivity index (χ1) is 29.0. The van der Waals surface area contributed by atoms with Crippen molar-refractivity contribution in [3.05, 3.63) is 230 Å². The molecule has 59 heavy (non-hydrogen) atoms. The lowest BCUT2D eigenvalue weighted by molar-refractivity contribution is 1.30. The number of hydrogen-bond donors (Lipinski definition) is 0. The monoisotopic (exact) mass is 753 g/mol. The molecule has 0 aromatic heterocycles. The van der Waals surface area contributed by atoms with E-state index in [1.165, 1.54) is 87.6 Å². The molecule has 0 bridgehead atoms. The molecule has 0 aliphatic carbocycles. The zero-order valence-corrected chi connectivity index (χ0v) is 33.4. The molecule has 10 aromatic rings. The van der Waals surface area contributed by atoms with Crippen LogP contribution in [0.5, 0.6) is 0 Å². The Labute approximate surface area is 346 Å². The van der Waals surface area contributed by atoms with Crippen molar-refractivity contribution in [2.24, 2.45) is 0 Å². The maximum Gasteiger partial charge on any atom is 0.0546 e. The Morgan fingerprint density at radius 1 is 0.441 bits per heavy atom. The quantitative estimate of drug-likeness (QED) is 0.110. The van der Waals surface area contributed by atoms with Crippen molar-refractivity contribution in [3.8, 4) is 33.4 Å². The molecule has 10 rings (SSSR count). The predicted molar refractivity (Wildman–Crippen MR) is 256 cm³/mol. The summed E-state index contributed by atoms with van der Waals surface area (Å²) in [5.41, 5.74) is 14.1. The Hall–Kier alpha value is -7.48. The molecule has 1 heteroatoms. The van der Waals surface area contributed by atoms with Gasteiger partial charge in [-0.2, -0.15) is 0 Å². The van der Waals surface area contributed by atoms with Gasteiger partial charge in [-0.05, 0) is 126 Å². The minimum absolute atomic E-state index is 1.03. The summed E-state index contributed by atoms with van der Waals surface area (Å²) < 4.78 is 0. The number of nitrogens with zero attached hydrogens (tertiary/aromatic N) is 1. The van der Waals surface area contributed by atoms with Crippen molar-refractivity contribution >= 4 is 66.2 Å². The molecule has 0 saturated carbocycles. The highest BCUT2D eigenvalue weighted by atomic mass is 15.1. The van der Waals surface area contributed by atoms with Crippen LogP contribution in [0.3, 0.4) is 0 Å². The highest BCUT2D eigenvalue weighted by Crippen LogP contribution is 2.47. The van der Waals surface area contributed by atoms with Gasteiger partial charge in [-0.1, -0.05) is 194 Å². The number of benzene rings is 10. The number of anilines is 3. The topological polar surface area (TPSA) is 3.24 Å². The molecule has 0 fully saturated rings. The van der Waals surface area contributed by atoms with Crippen LogP contribution >= 0.6 is 0 Å². The lowest BCUT2D eigenvalue weighted by Crippen LogP contribution is -2.11. The summed E-state index contributed by atoms with van der Waals surface area (Å²) in [4.78, 5) is 2.45. The molecule has 0 saturated heterocycles. The van der Waals surface area contributed by atoms with Gasteiger partial charge in [0.05, 0.1) is 5.69 Å². The van der Waals surface area contributed by atoms with E-state index >= 15 is 0 Å². The summed E-state index contributed by atoms with van der Waals surface area (Å²) in [6, 6.07) is 73.1. The van der Waals surface area contributed by atoms with Gasteiger partial charge in [0.15, 0.2) is 0 Å². The second-order valence-corrected chi connectivity index (χ2v) is 15.5. The molecule has 10 aromatic carbocycles. The first kappa shape index (κ1) is 35.9. The van der Waals surface area contributed by atoms with Gasteiger partial charge in [0, 0.05) is 16.8 Å². The molecule has 0 unspecified atom stereocenters. The summed E-state index contributed by atoms with van der Waals surface area (Å²) >= 11 is 0. The van der Waals surface area contributed by atoms with Crippen molar-refractivity contribution in [1.82, 2.24) is 0 Å². The van der Waals surface area contributed by atoms with E-state index in [4.69, 9.17) is 0 Å². The van der Waals surface area contributed by atoms with Crippen LogP contribution in [0.25, 0.3) is 82.5 Å². The molecule has 0 amide bonds. The molecular formula is C58H43N. The first-order valence-corrected chi connectivity index (χ1v) is 20.4. The van der Waals surface area contributed by atoms with E-state index in [2.05, 4.69) is 231 Å². The minimum atomic E-state index is 1.03. The van der Waals surface area contributed by atoms with Gasteiger partial charge in [0.1, 0.15) is 0 Å². The van der Waals surface area contributed by atoms with Crippen LogP contribution in [0.4, 0.5) is 17.1 Å². The van der Waals surface area contributed by atoms with Crippen LogP contribution in [-0.2, 0) is 0 Å². The van der Waals surface area contributed by atoms with E-state index < -0.39 is 0 Å². The highest BCUT2D eigenvalue weighted by Gasteiger charge is 2.22. The molecule has 0 atom stereocenters. The van der Waals surface area contributed by atoms with Gasteiger partial charge in [-0.3, -0.25) is 0 Å². The fourth-order valence-corrected chi connectivity index (χ4v) is 9.02. The van der Waals surface area contributed by atoms with Gasteiger partial charge >= 0.3 is 0 Å². The fourth-order valence-electron chi connectivity index (χ4n) is 9.02. The smallest absolute Gasteiger partial charge is 0.0546 e. The van der Waals surface area contributed by atoms with E-state index in [1.807, 2.05) is 6.92 Å². The van der Waals surface area contributed by atoms with Crippen LogP contribution < -0.4 is 4.90 Å². The average molecular weight is 754 g/mol. The Bertz CT molecular complexity index is 3240. The van der Waals surface area contributed by atoms with Crippen LogP contribution in [0.2, 0.25) is 0 Å². The summed E-state index contributed by atoms with van der Waals surface area (Å²) in [5.74, 6) is 0. The lowest BCUT2D eigenvalue weighted by atomic mass is 9.83. The zero-order chi connectivity index (χ0) is 39.9. The van der Waals surface area contributed by atoms with Crippen LogP contribution in [0.15, 0.2) is 218 Å². The van der Waals surface area contributed by atoms with E-state index in [1.54, 1.807) is 0 Å². The largest absolute Gasteiger partial charge is 0.310 e. The van der Waals surface area contributed by atoms with Crippen LogP contribution in [-0.4, -0.2) is 0 Å². The van der Waals surface area contributed by atoms with Crippen molar-refractivity contribution < 1.29 is 0 Å². The fraction of sp³-hybridized carbons (Fsp3) is 0.0345. The Morgan fingerprint density at radius 3 is 1.80 bits per heavy atom. The van der Waals surface area contributed by atoms with Crippen LogP contribution in [0.1, 0.15) is 18.1 Å². The summed E-state index contributed by atoms with van der Waals surface area (Å²) in [7, 11) is 0. The summed E-state index contributed by atoms with van der Waals surface area (Å²) in [5, 5.41) is 9.85. The van der Waals surface area contributed by atoms with Gasteiger partial charge < -0.3 is 4.90 Å². The van der Waals surface area contributed by atoms with Gasteiger partial charge in [0.25, 0.3) is 0 Å².